The van der Waals surface area contributed by atoms with Gasteiger partial charge in [0.25, 0.3) is 0 Å². The van der Waals surface area contributed by atoms with Crippen LogP contribution in [0.1, 0.15) is 102 Å². The molecule has 1 aromatic rings. The van der Waals surface area contributed by atoms with E-state index in [-0.39, 0.29) is 17.2 Å². The number of benzene rings is 1. The van der Waals surface area contributed by atoms with Gasteiger partial charge in [0.05, 0.1) is 0 Å². The van der Waals surface area contributed by atoms with Crippen LogP contribution in [0.4, 0.5) is 8.78 Å². The van der Waals surface area contributed by atoms with Crippen LogP contribution >= 0.6 is 0 Å². The molecule has 1 saturated carbocycles. The molecule has 0 heterocycles. The van der Waals surface area contributed by atoms with Crippen molar-refractivity contribution in [1.29, 1.82) is 0 Å². The summed E-state index contributed by atoms with van der Waals surface area (Å²) in [5, 5.41) is 0. The van der Waals surface area contributed by atoms with Crippen molar-refractivity contribution in [2.75, 3.05) is 0 Å². The summed E-state index contributed by atoms with van der Waals surface area (Å²) in [6, 6.07) is 3.12. The molecule has 0 aromatic heterocycles. The normalized spacial score (nSPS) is 22.3. The molecule has 0 radical (unpaired) electrons. The van der Waals surface area contributed by atoms with E-state index in [2.05, 4.69) is 26.0 Å². The first-order valence-electron chi connectivity index (χ1n) is 12.0. The molecule has 0 bridgehead atoms. The number of hydrogen-bond acceptors (Lipinski definition) is 0. The van der Waals surface area contributed by atoms with E-state index < -0.39 is 0 Å². The minimum atomic E-state index is -0.370. The molecule has 0 aliphatic heterocycles. The first kappa shape index (κ1) is 22.2. The van der Waals surface area contributed by atoms with Gasteiger partial charge in [-0.3, -0.25) is 0 Å². The molecular weight excluding hydrogens is 362 g/mol. The zero-order valence-electron chi connectivity index (χ0n) is 18.4. The summed E-state index contributed by atoms with van der Waals surface area (Å²) in [6.45, 7) is 4.55. The lowest BCUT2D eigenvalue weighted by Gasteiger charge is -2.29. The Bertz CT molecular complexity index is 697. The van der Waals surface area contributed by atoms with Crippen molar-refractivity contribution in [2.24, 2.45) is 11.8 Å². The lowest BCUT2D eigenvalue weighted by atomic mass is 9.76. The van der Waals surface area contributed by atoms with Crippen molar-refractivity contribution in [3.63, 3.8) is 0 Å². The maximum absolute atomic E-state index is 14.6. The van der Waals surface area contributed by atoms with E-state index in [4.69, 9.17) is 0 Å². The lowest BCUT2D eigenvalue weighted by Crippen LogP contribution is -2.15. The number of rotatable bonds is 9. The average Bonchev–Trinajstić information content (AvgIpc) is 2.73. The molecule has 0 saturated heterocycles. The summed E-state index contributed by atoms with van der Waals surface area (Å²) in [4.78, 5) is 0. The second-order valence-electron chi connectivity index (χ2n) is 9.33. The fourth-order valence-corrected chi connectivity index (χ4v) is 4.97. The van der Waals surface area contributed by atoms with Crippen molar-refractivity contribution in [1.82, 2.24) is 0 Å². The Kier molecular flexibility index (Phi) is 8.51. The highest BCUT2D eigenvalue weighted by Crippen LogP contribution is 2.38. The van der Waals surface area contributed by atoms with E-state index in [9.17, 15) is 8.78 Å². The van der Waals surface area contributed by atoms with Crippen molar-refractivity contribution in [2.45, 2.75) is 97.3 Å². The number of unbranched alkanes of at least 4 members (excludes halogenated alkanes) is 5. The monoisotopic (exact) mass is 400 g/mol. The van der Waals surface area contributed by atoms with Crippen LogP contribution in [0.15, 0.2) is 29.9 Å². The summed E-state index contributed by atoms with van der Waals surface area (Å²) < 4.78 is 29.2. The Labute approximate surface area is 176 Å². The Morgan fingerprint density at radius 3 is 2.10 bits per heavy atom. The van der Waals surface area contributed by atoms with Gasteiger partial charge in [-0.1, -0.05) is 76.5 Å². The van der Waals surface area contributed by atoms with Gasteiger partial charge in [-0.05, 0) is 73.6 Å². The number of halogens is 2. The third kappa shape index (κ3) is 6.27. The largest absolute Gasteiger partial charge is 0.207 e. The zero-order valence-corrected chi connectivity index (χ0v) is 18.4. The molecule has 1 aromatic carbocycles. The van der Waals surface area contributed by atoms with Crippen LogP contribution in [-0.4, -0.2) is 0 Å². The highest BCUT2D eigenvalue weighted by atomic mass is 19.1. The van der Waals surface area contributed by atoms with Crippen molar-refractivity contribution in [3.8, 4) is 0 Å². The van der Waals surface area contributed by atoms with Crippen molar-refractivity contribution >= 4 is 5.57 Å². The van der Waals surface area contributed by atoms with E-state index in [1.807, 2.05) is 0 Å². The highest BCUT2D eigenvalue weighted by molar-refractivity contribution is 5.69. The summed E-state index contributed by atoms with van der Waals surface area (Å²) in [5.74, 6) is 0.843. The van der Waals surface area contributed by atoms with Crippen LogP contribution in [0, 0.1) is 23.5 Å². The molecule has 0 N–H and O–H groups in total. The third-order valence-corrected chi connectivity index (χ3v) is 7.01. The van der Waals surface area contributed by atoms with Crippen LogP contribution in [0.2, 0.25) is 0 Å². The summed E-state index contributed by atoms with van der Waals surface area (Å²) >= 11 is 0. The Balaban J connectivity index is 1.60. The third-order valence-electron chi connectivity index (χ3n) is 7.01. The van der Waals surface area contributed by atoms with Crippen LogP contribution in [0.3, 0.4) is 0 Å². The van der Waals surface area contributed by atoms with Gasteiger partial charge in [-0.25, -0.2) is 8.78 Å². The van der Waals surface area contributed by atoms with Gasteiger partial charge in [-0.15, -0.1) is 0 Å². The summed E-state index contributed by atoms with van der Waals surface area (Å²) in [7, 11) is 0. The first-order chi connectivity index (χ1) is 14.1. The molecule has 2 aliphatic carbocycles. The fourth-order valence-electron chi connectivity index (χ4n) is 4.97. The van der Waals surface area contributed by atoms with Crippen LogP contribution in [0.25, 0.3) is 5.57 Å². The molecule has 1 fully saturated rings. The predicted molar refractivity (Wildman–Crippen MR) is 120 cm³/mol. The molecule has 160 valence electrons. The maximum Gasteiger partial charge on any atom is 0.129 e. The molecule has 0 spiro atoms. The van der Waals surface area contributed by atoms with E-state index in [1.165, 1.54) is 44.9 Å². The minimum Gasteiger partial charge on any atom is -0.207 e. The van der Waals surface area contributed by atoms with Gasteiger partial charge in [0.15, 0.2) is 0 Å². The number of allylic oxidation sites excluding steroid dienone is 4. The molecule has 0 nitrogen and oxygen atoms in total. The van der Waals surface area contributed by atoms with Gasteiger partial charge in [0.2, 0.25) is 0 Å². The minimum absolute atomic E-state index is 0.271. The van der Waals surface area contributed by atoms with Crippen molar-refractivity contribution < 1.29 is 8.78 Å². The van der Waals surface area contributed by atoms with E-state index in [1.54, 1.807) is 17.7 Å². The van der Waals surface area contributed by atoms with E-state index in [0.717, 1.165) is 55.1 Å². The average molecular weight is 401 g/mol. The van der Waals surface area contributed by atoms with Gasteiger partial charge in [0.1, 0.15) is 11.6 Å². The van der Waals surface area contributed by atoms with Gasteiger partial charge < -0.3 is 0 Å². The standard InChI is InChI=1S/C27H38F2/c1-3-4-5-6-7-8-9-25-26(28)18-24(19-27(25)29)23-16-14-22(15-17-23)21-12-10-20(2)11-13-21/h14,16,18-21H,3-13,15,17H2,1-2H3. The van der Waals surface area contributed by atoms with Crippen LogP contribution in [0.5, 0.6) is 0 Å². The SMILES string of the molecule is CCCCCCCCc1c(F)cc(C2=CC=C(C3CCC(C)CC3)CC2)cc1F. The number of hydrogen-bond donors (Lipinski definition) is 0. The Morgan fingerprint density at radius 1 is 0.828 bits per heavy atom. The molecule has 0 atom stereocenters. The maximum atomic E-state index is 14.6. The molecule has 0 unspecified atom stereocenters. The smallest absolute Gasteiger partial charge is 0.129 e. The molecule has 0 amide bonds. The summed E-state index contributed by atoms with van der Waals surface area (Å²) in [5.41, 5.74) is 3.61. The first-order valence-corrected chi connectivity index (χ1v) is 12.0. The van der Waals surface area contributed by atoms with E-state index >= 15 is 0 Å². The van der Waals surface area contributed by atoms with Gasteiger partial charge in [0, 0.05) is 5.56 Å². The molecule has 3 rings (SSSR count). The quantitative estimate of drug-likeness (QED) is 0.363. The molecule has 29 heavy (non-hydrogen) atoms. The second-order valence-corrected chi connectivity index (χ2v) is 9.33. The van der Waals surface area contributed by atoms with Gasteiger partial charge in [-0.2, -0.15) is 0 Å². The molecule has 2 heteroatoms. The van der Waals surface area contributed by atoms with Gasteiger partial charge >= 0.3 is 0 Å². The Hall–Kier alpha value is -1.44. The summed E-state index contributed by atoms with van der Waals surface area (Å²) in [6.07, 6.45) is 18.8. The van der Waals surface area contributed by atoms with Crippen LogP contribution in [-0.2, 0) is 6.42 Å². The zero-order chi connectivity index (χ0) is 20.6. The second kappa shape index (κ2) is 11.1. The Morgan fingerprint density at radius 2 is 1.48 bits per heavy atom. The lowest BCUT2D eigenvalue weighted by molar-refractivity contribution is 0.316. The van der Waals surface area contributed by atoms with E-state index in [0.29, 0.717) is 6.42 Å². The molecular formula is C27H38F2. The van der Waals surface area contributed by atoms with Crippen LogP contribution < -0.4 is 0 Å². The predicted octanol–water partition coefficient (Wildman–Crippen LogP) is 8.80. The topological polar surface area (TPSA) is 0 Å². The molecule has 2 aliphatic rings. The fraction of sp³-hybridized carbons (Fsp3) is 0.630. The van der Waals surface area contributed by atoms with Crippen molar-refractivity contribution in [3.05, 3.63) is 52.6 Å². The highest BCUT2D eigenvalue weighted by Gasteiger charge is 2.23.